The molecule has 0 unspecified atom stereocenters. The molecule has 0 spiro atoms. The average Bonchev–Trinajstić information content (AvgIpc) is 2.38. The van der Waals surface area contributed by atoms with Crippen molar-refractivity contribution in [2.24, 2.45) is 5.73 Å². The molecule has 0 saturated heterocycles. The summed E-state index contributed by atoms with van der Waals surface area (Å²) in [5.74, 6) is -2.42. The van der Waals surface area contributed by atoms with E-state index in [0.717, 1.165) is 10.5 Å². The van der Waals surface area contributed by atoms with Gasteiger partial charge in [0, 0.05) is 20.0 Å². The highest BCUT2D eigenvalue weighted by Crippen LogP contribution is 2.19. The van der Waals surface area contributed by atoms with Gasteiger partial charge in [-0.1, -0.05) is 6.07 Å². The van der Waals surface area contributed by atoms with Crippen molar-refractivity contribution in [1.82, 2.24) is 4.90 Å². The molecule has 0 aromatic heterocycles. The van der Waals surface area contributed by atoms with Gasteiger partial charge in [-0.15, -0.1) is 0 Å². The van der Waals surface area contributed by atoms with Crippen LogP contribution < -0.4 is 16.8 Å². The van der Waals surface area contributed by atoms with Crippen LogP contribution in [0.2, 0.25) is 0 Å². The maximum atomic E-state index is 11.9. The Hall–Kier alpha value is -2.41. The zero-order valence-corrected chi connectivity index (χ0v) is 11.5. The third kappa shape index (κ3) is 3.79. The molecule has 0 aliphatic rings. The Balaban J connectivity index is 2.84. The number of aryl methyl sites for hydroxylation is 1. The number of benzene rings is 1. The number of nitrogens with zero attached hydrogens (tertiary/aromatic N) is 1. The molecule has 0 aliphatic carbocycles. The van der Waals surface area contributed by atoms with Gasteiger partial charge in [-0.3, -0.25) is 19.3 Å². The molecule has 0 heterocycles. The Bertz CT molecular complexity index is 542. The van der Waals surface area contributed by atoms with Crippen LogP contribution in [0.1, 0.15) is 12.5 Å². The first-order chi connectivity index (χ1) is 9.36. The Morgan fingerprint density at radius 2 is 1.95 bits per heavy atom. The topological polar surface area (TPSA) is 119 Å². The van der Waals surface area contributed by atoms with E-state index in [4.69, 9.17) is 11.5 Å². The van der Waals surface area contributed by atoms with Gasteiger partial charge in [0.2, 0.25) is 5.91 Å². The maximum absolute atomic E-state index is 11.9. The molecule has 20 heavy (non-hydrogen) atoms. The lowest BCUT2D eigenvalue weighted by molar-refractivity contribution is -0.149. The van der Waals surface area contributed by atoms with Crippen LogP contribution in [-0.2, 0) is 14.4 Å². The molecule has 5 N–H and O–H groups in total. The van der Waals surface area contributed by atoms with Crippen molar-refractivity contribution in [3.63, 3.8) is 0 Å². The van der Waals surface area contributed by atoms with E-state index in [1.165, 1.54) is 6.92 Å². The van der Waals surface area contributed by atoms with Crippen LogP contribution >= 0.6 is 0 Å². The fraction of sp³-hybridized carbons (Fsp3) is 0.308. The molecule has 1 aromatic carbocycles. The summed E-state index contributed by atoms with van der Waals surface area (Å²) in [5.41, 5.74) is 12.6. The van der Waals surface area contributed by atoms with Crippen LogP contribution in [0.3, 0.4) is 0 Å². The highest BCUT2D eigenvalue weighted by Gasteiger charge is 2.24. The predicted octanol–water partition coefficient (Wildman–Crippen LogP) is -0.150. The number of hydrogen-bond donors (Lipinski definition) is 3. The fourth-order valence-corrected chi connectivity index (χ4v) is 1.63. The largest absolute Gasteiger partial charge is 0.397 e. The number of hydrogen-bond acceptors (Lipinski definition) is 5. The molecular formula is C13H18N4O3. The van der Waals surface area contributed by atoms with E-state index in [1.807, 2.05) is 6.92 Å². The summed E-state index contributed by atoms with van der Waals surface area (Å²) < 4.78 is 0. The molecule has 0 saturated carbocycles. The predicted molar refractivity (Wildman–Crippen MR) is 75.7 cm³/mol. The van der Waals surface area contributed by atoms with Gasteiger partial charge in [0.15, 0.2) is 0 Å². The molecule has 7 heteroatoms. The minimum Gasteiger partial charge on any atom is -0.397 e. The van der Waals surface area contributed by atoms with Crippen LogP contribution in [0, 0.1) is 6.92 Å². The molecule has 7 nitrogen and oxygen atoms in total. The van der Waals surface area contributed by atoms with E-state index in [0.29, 0.717) is 11.4 Å². The summed E-state index contributed by atoms with van der Waals surface area (Å²) >= 11 is 0. The van der Waals surface area contributed by atoms with E-state index >= 15 is 0 Å². The molecule has 0 fully saturated rings. The summed E-state index contributed by atoms with van der Waals surface area (Å²) in [4.78, 5) is 35.8. The van der Waals surface area contributed by atoms with Crippen molar-refractivity contribution in [2.45, 2.75) is 13.8 Å². The third-order valence-corrected chi connectivity index (χ3v) is 2.63. The lowest BCUT2D eigenvalue weighted by Gasteiger charge is -2.17. The number of nitrogens with one attached hydrogen (secondary N) is 1. The number of anilines is 2. The number of imide groups is 1. The third-order valence-electron chi connectivity index (χ3n) is 2.63. The van der Waals surface area contributed by atoms with Crippen molar-refractivity contribution in [1.29, 1.82) is 0 Å². The Labute approximate surface area is 116 Å². The molecule has 3 amide bonds. The minimum absolute atomic E-state index is 0.00896. The number of amides is 3. The lowest BCUT2D eigenvalue weighted by atomic mass is 10.2. The average molecular weight is 278 g/mol. The summed E-state index contributed by atoms with van der Waals surface area (Å²) in [6, 6.07) is 5.01. The van der Waals surface area contributed by atoms with Crippen LogP contribution in [0.5, 0.6) is 0 Å². The zero-order valence-electron chi connectivity index (χ0n) is 11.5. The Kier molecular flexibility index (Phi) is 5.22. The van der Waals surface area contributed by atoms with Crippen molar-refractivity contribution in [3.05, 3.63) is 23.8 Å². The van der Waals surface area contributed by atoms with E-state index in [9.17, 15) is 14.4 Å². The second-order valence-corrected chi connectivity index (χ2v) is 4.31. The zero-order chi connectivity index (χ0) is 15.3. The minimum atomic E-state index is -0.956. The van der Waals surface area contributed by atoms with Crippen LogP contribution in [0.4, 0.5) is 11.4 Å². The molecular weight excluding hydrogens is 260 g/mol. The SMILES string of the molecule is CC(=O)N(CCN)C(=O)C(=O)Nc1ccc(C)cc1N. The number of nitrogen functional groups attached to an aromatic ring is 1. The van der Waals surface area contributed by atoms with E-state index in [1.54, 1.807) is 18.2 Å². The number of nitrogens with two attached hydrogens (primary N) is 2. The second kappa shape index (κ2) is 6.67. The smallest absolute Gasteiger partial charge is 0.318 e. The second-order valence-electron chi connectivity index (χ2n) is 4.31. The van der Waals surface area contributed by atoms with Gasteiger partial charge in [-0.2, -0.15) is 0 Å². The summed E-state index contributed by atoms with van der Waals surface area (Å²) in [7, 11) is 0. The van der Waals surface area contributed by atoms with Crippen LogP contribution in [0.25, 0.3) is 0 Å². The lowest BCUT2D eigenvalue weighted by Crippen LogP contribution is -2.44. The first-order valence-electron chi connectivity index (χ1n) is 6.06. The van der Waals surface area contributed by atoms with Gasteiger partial charge in [0.1, 0.15) is 0 Å². The standard InChI is InChI=1S/C13H18N4O3/c1-8-3-4-11(10(15)7-8)16-12(19)13(20)17(6-5-14)9(2)18/h3-4,7H,5-6,14-15H2,1-2H3,(H,16,19). The first kappa shape index (κ1) is 15.6. The molecule has 0 atom stereocenters. The maximum Gasteiger partial charge on any atom is 0.318 e. The highest BCUT2D eigenvalue weighted by atomic mass is 16.2. The molecule has 1 aromatic rings. The van der Waals surface area contributed by atoms with Crippen molar-refractivity contribution < 1.29 is 14.4 Å². The highest BCUT2D eigenvalue weighted by molar-refractivity contribution is 6.41. The monoisotopic (exact) mass is 278 g/mol. The van der Waals surface area contributed by atoms with Crippen LogP contribution in [-0.4, -0.2) is 35.7 Å². The van der Waals surface area contributed by atoms with E-state index in [2.05, 4.69) is 5.32 Å². The summed E-state index contributed by atoms with van der Waals surface area (Å²) in [6.07, 6.45) is 0. The fourth-order valence-electron chi connectivity index (χ4n) is 1.63. The van der Waals surface area contributed by atoms with Gasteiger partial charge in [0.05, 0.1) is 11.4 Å². The quantitative estimate of drug-likeness (QED) is 0.525. The van der Waals surface area contributed by atoms with Crippen molar-refractivity contribution in [2.75, 3.05) is 24.1 Å². The number of carbonyl (C=O) groups excluding carboxylic acids is 3. The molecule has 108 valence electrons. The Morgan fingerprint density at radius 1 is 1.30 bits per heavy atom. The number of rotatable bonds is 3. The van der Waals surface area contributed by atoms with Gasteiger partial charge in [-0.05, 0) is 24.6 Å². The van der Waals surface area contributed by atoms with Crippen molar-refractivity contribution >= 4 is 29.1 Å². The molecule has 0 bridgehead atoms. The summed E-state index contributed by atoms with van der Waals surface area (Å²) in [6.45, 7) is 3.13. The van der Waals surface area contributed by atoms with Gasteiger partial charge in [0.25, 0.3) is 0 Å². The van der Waals surface area contributed by atoms with E-state index < -0.39 is 17.7 Å². The van der Waals surface area contributed by atoms with Gasteiger partial charge in [-0.25, -0.2) is 0 Å². The van der Waals surface area contributed by atoms with E-state index in [-0.39, 0.29) is 13.1 Å². The van der Waals surface area contributed by atoms with Crippen molar-refractivity contribution in [3.8, 4) is 0 Å². The first-order valence-corrected chi connectivity index (χ1v) is 6.06. The number of carbonyl (C=O) groups is 3. The normalized spacial score (nSPS) is 9.95. The molecule has 1 rings (SSSR count). The van der Waals surface area contributed by atoms with Gasteiger partial charge >= 0.3 is 11.8 Å². The molecule has 0 radical (unpaired) electrons. The van der Waals surface area contributed by atoms with Crippen LogP contribution in [0.15, 0.2) is 18.2 Å². The summed E-state index contributed by atoms with van der Waals surface area (Å²) in [5, 5.41) is 2.38. The Morgan fingerprint density at radius 3 is 2.45 bits per heavy atom. The molecule has 0 aliphatic heterocycles. The van der Waals surface area contributed by atoms with Gasteiger partial charge < -0.3 is 16.8 Å².